The van der Waals surface area contributed by atoms with Gasteiger partial charge in [0.05, 0.1) is 0 Å². The van der Waals surface area contributed by atoms with Crippen molar-refractivity contribution >= 4 is 5.91 Å². The maximum absolute atomic E-state index is 12.2. The second kappa shape index (κ2) is 5.94. The van der Waals surface area contributed by atoms with Crippen molar-refractivity contribution in [3.8, 4) is 0 Å². The molecule has 2 aliphatic rings. The molecule has 0 aromatic heterocycles. The van der Waals surface area contributed by atoms with Crippen LogP contribution in [0.3, 0.4) is 0 Å². The summed E-state index contributed by atoms with van der Waals surface area (Å²) in [6.45, 7) is 8.67. The molecule has 0 aromatic carbocycles. The Labute approximate surface area is 117 Å². The van der Waals surface area contributed by atoms with Crippen LogP contribution in [0.1, 0.15) is 59.3 Å². The molecule has 19 heavy (non-hydrogen) atoms. The van der Waals surface area contributed by atoms with Gasteiger partial charge in [-0.25, -0.2) is 0 Å². The molecule has 0 N–H and O–H groups in total. The third-order valence-corrected chi connectivity index (χ3v) is 4.60. The maximum atomic E-state index is 12.2. The van der Waals surface area contributed by atoms with Crippen molar-refractivity contribution in [1.82, 2.24) is 4.90 Å². The second-order valence-electron chi connectivity index (χ2n) is 6.65. The first kappa shape index (κ1) is 14.4. The number of rotatable bonds is 2. The van der Waals surface area contributed by atoms with E-state index in [2.05, 4.69) is 26.8 Å². The molecule has 0 unspecified atom stereocenters. The molecule has 0 atom stereocenters. The minimum atomic E-state index is 0.196. The van der Waals surface area contributed by atoms with Crippen LogP contribution in [-0.4, -0.2) is 23.9 Å². The first-order valence-corrected chi connectivity index (χ1v) is 7.68. The zero-order valence-electron chi connectivity index (χ0n) is 12.7. The number of allylic oxidation sites excluding steroid dienone is 3. The summed E-state index contributed by atoms with van der Waals surface area (Å²) in [4.78, 5) is 14.2. The van der Waals surface area contributed by atoms with Gasteiger partial charge in [0.2, 0.25) is 5.91 Å². The van der Waals surface area contributed by atoms with Gasteiger partial charge in [0, 0.05) is 19.2 Å². The highest BCUT2D eigenvalue weighted by molar-refractivity contribution is 5.88. The van der Waals surface area contributed by atoms with E-state index in [0.717, 1.165) is 25.9 Å². The van der Waals surface area contributed by atoms with Crippen LogP contribution in [-0.2, 0) is 4.79 Å². The van der Waals surface area contributed by atoms with E-state index in [9.17, 15) is 4.79 Å². The molecule has 1 aliphatic carbocycles. The summed E-state index contributed by atoms with van der Waals surface area (Å²) in [6.07, 6.45) is 11.2. The average molecular weight is 261 g/mol. The zero-order valence-corrected chi connectivity index (χ0v) is 12.7. The largest absolute Gasteiger partial charge is 0.339 e. The fourth-order valence-corrected chi connectivity index (χ4v) is 3.38. The van der Waals surface area contributed by atoms with E-state index in [1.807, 2.05) is 4.90 Å². The van der Waals surface area contributed by atoms with E-state index >= 15 is 0 Å². The molecule has 2 heteroatoms. The van der Waals surface area contributed by atoms with Crippen LogP contribution in [0, 0.1) is 5.41 Å². The minimum absolute atomic E-state index is 0.196. The van der Waals surface area contributed by atoms with Gasteiger partial charge >= 0.3 is 0 Å². The molecule has 0 bridgehead atoms. The van der Waals surface area contributed by atoms with Gasteiger partial charge in [-0.15, -0.1) is 0 Å². The first-order chi connectivity index (χ1) is 9.00. The molecule has 0 radical (unpaired) electrons. The smallest absolute Gasteiger partial charge is 0.246 e. The number of nitrogens with zero attached hydrogens (tertiary/aromatic N) is 1. The first-order valence-electron chi connectivity index (χ1n) is 7.68. The SMILES string of the molecule is CC1=C(/C=C/C(=O)N2CCCCC2)C(C)(C)CCC1. The van der Waals surface area contributed by atoms with Crippen molar-refractivity contribution in [3.63, 3.8) is 0 Å². The van der Waals surface area contributed by atoms with Gasteiger partial charge in [-0.05, 0) is 56.4 Å². The number of piperidine rings is 1. The Morgan fingerprint density at radius 3 is 2.47 bits per heavy atom. The monoisotopic (exact) mass is 261 g/mol. The molecule has 0 aromatic rings. The van der Waals surface area contributed by atoms with Crippen molar-refractivity contribution in [2.24, 2.45) is 5.41 Å². The van der Waals surface area contributed by atoms with Gasteiger partial charge in [-0.3, -0.25) is 4.79 Å². The number of amides is 1. The van der Waals surface area contributed by atoms with Crippen LogP contribution in [0.15, 0.2) is 23.3 Å². The van der Waals surface area contributed by atoms with E-state index in [-0.39, 0.29) is 11.3 Å². The van der Waals surface area contributed by atoms with Crippen LogP contribution in [0.5, 0.6) is 0 Å². The lowest BCUT2D eigenvalue weighted by atomic mass is 9.72. The van der Waals surface area contributed by atoms with Gasteiger partial charge in [-0.2, -0.15) is 0 Å². The predicted molar refractivity (Wildman–Crippen MR) is 79.9 cm³/mol. The highest BCUT2D eigenvalue weighted by Gasteiger charge is 2.26. The Morgan fingerprint density at radius 2 is 1.84 bits per heavy atom. The molecule has 1 aliphatic heterocycles. The summed E-state index contributed by atoms with van der Waals surface area (Å²) in [6, 6.07) is 0. The Balaban J connectivity index is 2.06. The quantitative estimate of drug-likeness (QED) is 0.686. The fraction of sp³-hybridized carbons (Fsp3) is 0.706. The molecular formula is C17H27NO. The van der Waals surface area contributed by atoms with Crippen LogP contribution in [0.25, 0.3) is 0 Å². The van der Waals surface area contributed by atoms with Gasteiger partial charge in [0.1, 0.15) is 0 Å². The zero-order chi connectivity index (χ0) is 13.9. The third kappa shape index (κ3) is 3.49. The topological polar surface area (TPSA) is 20.3 Å². The van der Waals surface area contributed by atoms with Gasteiger partial charge in [0.25, 0.3) is 0 Å². The van der Waals surface area contributed by atoms with Crippen LogP contribution in [0.2, 0.25) is 0 Å². The molecule has 1 heterocycles. The fourth-order valence-electron chi connectivity index (χ4n) is 3.38. The summed E-state index contributed by atoms with van der Waals surface area (Å²) in [5.74, 6) is 0.196. The van der Waals surface area contributed by atoms with Crippen molar-refractivity contribution < 1.29 is 4.79 Å². The van der Waals surface area contributed by atoms with Crippen molar-refractivity contribution in [2.75, 3.05) is 13.1 Å². The molecule has 106 valence electrons. The summed E-state index contributed by atoms with van der Waals surface area (Å²) in [7, 11) is 0. The number of carbonyl (C=O) groups excluding carboxylic acids is 1. The minimum Gasteiger partial charge on any atom is -0.339 e. The third-order valence-electron chi connectivity index (χ3n) is 4.60. The summed E-state index contributed by atoms with van der Waals surface area (Å²) >= 11 is 0. The number of hydrogen-bond donors (Lipinski definition) is 0. The van der Waals surface area contributed by atoms with Gasteiger partial charge < -0.3 is 4.90 Å². The van der Waals surface area contributed by atoms with E-state index in [1.54, 1.807) is 6.08 Å². The molecule has 0 saturated carbocycles. The Bertz CT molecular complexity index is 397. The number of hydrogen-bond acceptors (Lipinski definition) is 1. The number of likely N-dealkylation sites (tertiary alicyclic amines) is 1. The normalized spacial score (nSPS) is 24.1. The molecule has 1 fully saturated rings. The van der Waals surface area contributed by atoms with Crippen LogP contribution in [0.4, 0.5) is 0 Å². The van der Waals surface area contributed by atoms with E-state index in [1.165, 1.54) is 36.8 Å². The molecule has 1 saturated heterocycles. The second-order valence-corrected chi connectivity index (χ2v) is 6.65. The molecule has 0 spiro atoms. The lowest BCUT2D eigenvalue weighted by Crippen LogP contribution is -2.34. The highest BCUT2D eigenvalue weighted by atomic mass is 16.2. The molecule has 2 nitrogen and oxygen atoms in total. The summed E-state index contributed by atoms with van der Waals surface area (Å²) in [5.41, 5.74) is 3.06. The average Bonchev–Trinajstić information content (AvgIpc) is 2.38. The predicted octanol–water partition coefficient (Wildman–Crippen LogP) is 4.08. The molecule has 2 rings (SSSR count). The maximum Gasteiger partial charge on any atom is 0.246 e. The van der Waals surface area contributed by atoms with Gasteiger partial charge in [0.15, 0.2) is 0 Å². The van der Waals surface area contributed by atoms with Crippen LogP contribution >= 0.6 is 0 Å². The van der Waals surface area contributed by atoms with E-state index in [4.69, 9.17) is 0 Å². The highest BCUT2D eigenvalue weighted by Crippen LogP contribution is 2.40. The standard InChI is InChI=1S/C17H27NO/c1-14-8-7-11-17(2,3)15(14)9-10-16(19)18-12-5-4-6-13-18/h9-10H,4-8,11-13H2,1-3H3/b10-9+. The lowest BCUT2D eigenvalue weighted by Gasteiger charge is -2.33. The van der Waals surface area contributed by atoms with Crippen molar-refractivity contribution in [2.45, 2.75) is 59.3 Å². The van der Waals surface area contributed by atoms with Crippen molar-refractivity contribution in [1.29, 1.82) is 0 Å². The van der Waals surface area contributed by atoms with E-state index in [0.29, 0.717) is 0 Å². The van der Waals surface area contributed by atoms with Crippen molar-refractivity contribution in [3.05, 3.63) is 23.3 Å². The summed E-state index contributed by atoms with van der Waals surface area (Å²) in [5, 5.41) is 0. The van der Waals surface area contributed by atoms with Gasteiger partial charge in [-0.1, -0.05) is 25.5 Å². The lowest BCUT2D eigenvalue weighted by molar-refractivity contribution is -0.126. The van der Waals surface area contributed by atoms with Crippen LogP contribution < -0.4 is 0 Å². The Morgan fingerprint density at radius 1 is 1.16 bits per heavy atom. The Kier molecular flexibility index (Phi) is 4.49. The molecular weight excluding hydrogens is 234 g/mol. The molecule has 1 amide bonds. The van der Waals surface area contributed by atoms with E-state index < -0.39 is 0 Å². The summed E-state index contributed by atoms with van der Waals surface area (Å²) < 4.78 is 0. The number of carbonyl (C=O) groups is 1. The Hall–Kier alpha value is -1.05.